The zero-order valence-corrected chi connectivity index (χ0v) is 39.9. The molecular formula is C48H59ClN11O5P. The van der Waals surface area contributed by atoms with Crippen LogP contribution in [-0.4, -0.2) is 116 Å². The van der Waals surface area contributed by atoms with E-state index >= 15 is 0 Å². The smallest absolute Gasteiger partial charge is 0.249 e. The molecule has 4 aliphatic rings. The molecule has 9 rings (SSSR count). The van der Waals surface area contributed by atoms with E-state index in [0.29, 0.717) is 52.9 Å². The molecule has 4 fully saturated rings. The number of amides is 2. The van der Waals surface area contributed by atoms with Crippen molar-refractivity contribution in [3.63, 3.8) is 0 Å². The van der Waals surface area contributed by atoms with Crippen molar-refractivity contribution in [3.05, 3.63) is 77.7 Å². The van der Waals surface area contributed by atoms with Crippen LogP contribution in [0.1, 0.15) is 50.0 Å². The average molecular weight is 936 g/mol. The van der Waals surface area contributed by atoms with Crippen molar-refractivity contribution in [1.29, 1.82) is 0 Å². The predicted octanol–water partition coefficient (Wildman–Crippen LogP) is 7.42. The quantitative estimate of drug-likeness (QED) is 0.0604. The summed E-state index contributed by atoms with van der Waals surface area (Å²) in [6.45, 7) is 10.1. The van der Waals surface area contributed by atoms with Crippen LogP contribution in [0.2, 0.25) is 5.02 Å². The third kappa shape index (κ3) is 10.3. The van der Waals surface area contributed by atoms with Crippen LogP contribution in [0.4, 0.5) is 40.2 Å². The van der Waals surface area contributed by atoms with Gasteiger partial charge >= 0.3 is 0 Å². The Hall–Kier alpha value is -5.83. The Balaban J connectivity index is 0.848. The zero-order chi connectivity index (χ0) is 46.1. The zero-order valence-electron chi connectivity index (χ0n) is 38.3. The predicted molar refractivity (Wildman–Crippen MR) is 263 cm³/mol. The lowest BCUT2D eigenvalue weighted by atomic mass is 9.94. The van der Waals surface area contributed by atoms with Crippen molar-refractivity contribution in [3.8, 4) is 22.6 Å². The number of hydrogen-bond acceptors (Lipinski definition) is 14. The van der Waals surface area contributed by atoms with E-state index in [1.54, 1.807) is 33.7 Å². The van der Waals surface area contributed by atoms with E-state index in [0.717, 1.165) is 116 Å². The lowest BCUT2D eigenvalue weighted by Crippen LogP contribution is -2.49. The molecule has 1 aliphatic carbocycles. The topological polar surface area (TPSA) is 171 Å². The summed E-state index contributed by atoms with van der Waals surface area (Å²) in [4.78, 5) is 40.6. The first-order chi connectivity index (χ1) is 31.8. The summed E-state index contributed by atoms with van der Waals surface area (Å²) >= 11 is 6.67. The summed E-state index contributed by atoms with van der Waals surface area (Å²) in [7, 11) is 2.64. The second kappa shape index (κ2) is 19.2. The molecule has 18 heteroatoms. The van der Waals surface area contributed by atoms with Crippen molar-refractivity contribution >= 4 is 76.1 Å². The highest BCUT2D eigenvalue weighted by molar-refractivity contribution is 7.70. The summed E-state index contributed by atoms with van der Waals surface area (Å²) < 4.78 is 27.1. The third-order valence-electron chi connectivity index (χ3n) is 13.2. The molecule has 0 bridgehead atoms. The fraction of sp³-hybridized carbons (Fsp3) is 0.438. The summed E-state index contributed by atoms with van der Waals surface area (Å²) in [5.74, 6) is 2.73. The van der Waals surface area contributed by atoms with Gasteiger partial charge in [-0.1, -0.05) is 17.7 Å². The van der Waals surface area contributed by atoms with E-state index in [1.165, 1.54) is 5.56 Å². The Labute approximate surface area is 391 Å². The van der Waals surface area contributed by atoms with E-state index in [1.807, 2.05) is 42.3 Å². The first kappa shape index (κ1) is 45.3. The van der Waals surface area contributed by atoms with Gasteiger partial charge in [0.25, 0.3) is 0 Å². The number of imide groups is 1. The Morgan fingerprint density at radius 2 is 1.59 bits per heavy atom. The number of piperazine rings is 1. The highest BCUT2D eigenvalue weighted by Gasteiger charge is 2.30. The van der Waals surface area contributed by atoms with Crippen LogP contribution >= 0.6 is 18.7 Å². The Kier molecular flexibility index (Phi) is 13.2. The minimum atomic E-state index is -2.62. The molecule has 4 N–H and O–H groups in total. The number of aromatic nitrogens is 4. The highest BCUT2D eigenvalue weighted by Crippen LogP contribution is 2.45. The molecule has 1 unspecified atom stereocenters. The maximum atomic E-state index is 13.4. The lowest BCUT2D eigenvalue weighted by molar-refractivity contribution is -0.133. The lowest BCUT2D eigenvalue weighted by Gasteiger charge is -2.40. The molecule has 16 nitrogen and oxygen atoms in total. The van der Waals surface area contributed by atoms with Gasteiger partial charge in [0.15, 0.2) is 5.82 Å². The number of ether oxygens (including phenoxy) is 2. The Bertz CT molecular complexity index is 2650. The summed E-state index contributed by atoms with van der Waals surface area (Å²) in [5, 5.41) is 18.1. The second-order valence-electron chi connectivity index (χ2n) is 18.3. The first-order valence-electron chi connectivity index (χ1n) is 22.8. The number of rotatable bonds is 15. The highest BCUT2D eigenvalue weighted by atomic mass is 35.5. The average Bonchev–Trinajstić information content (AvgIpc) is 4.07. The SMILES string of the molecule is COc1cc(N2CCC(CN3CCN(c4ccc(NC5CCC(=O)NC5=O)cc4OC)CC3)CC2)c(-c2cnn(C)c2)cc1Nc1ncc(Cl)c(Nc2ccc(C3CC3)cc2P(C)(C)=O)n1. The van der Waals surface area contributed by atoms with E-state index in [4.69, 9.17) is 26.1 Å². The normalized spacial score (nSPS) is 18.5. The van der Waals surface area contributed by atoms with Gasteiger partial charge in [-0.3, -0.25) is 24.5 Å². The minimum absolute atomic E-state index is 0.229. The van der Waals surface area contributed by atoms with Gasteiger partial charge in [-0.05, 0) is 93.2 Å². The van der Waals surface area contributed by atoms with Gasteiger partial charge in [0.05, 0.1) is 43.7 Å². The van der Waals surface area contributed by atoms with E-state index in [9.17, 15) is 14.2 Å². The summed E-state index contributed by atoms with van der Waals surface area (Å²) in [6.07, 6.45) is 10.7. The van der Waals surface area contributed by atoms with Crippen molar-refractivity contribution in [2.24, 2.45) is 13.0 Å². The van der Waals surface area contributed by atoms with Crippen molar-refractivity contribution in [1.82, 2.24) is 30.0 Å². The van der Waals surface area contributed by atoms with Crippen LogP contribution in [0, 0.1) is 5.92 Å². The standard InChI is InChI=1S/C48H59ClN11O5P/c1-57-29-33(26-51-57)35-24-39(54-48-50-27-36(49)46(56-48)53-37-10-8-32(31-6-7-31)22-44(37)66(4,5)63)42(64-2)25-41(35)59-16-14-30(15-17-59)28-58-18-20-60(21-19-58)40-12-9-34(23-43(40)65-3)52-38-11-13-45(61)55-47(38)62/h8-10,12,22-27,29-31,38,52H,6-7,11,13-21,28H2,1-5H3,(H,55,61,62)(H2,50,53,54,56). The Morgan fingerprint density at radius 1 is 0.833 bits per heavy atom. The van der Waals surface area contributed by atoms with Gasteiger partial charge in [-0.15, -0.1) is 0 Å². The molecule has 0 spiro atoms. The number of carbonyl (C=O) groups excluding carboxylic acids is 2. The van der Waals surface area contributed by atoms with Crippen molar-refractivity contribution in [2.45, 2.75) is 50.5 Å². The molecule has 3 saturated heterocycles. The van der Waals surface area contributed by atoms with Gasteiger partial charge in [0, 0.05) is 105 Å². The molecular weight excluding hydrogens is 877 g/mol. The number of nitrogens with zero attached hydrogens (tertiary/aromatic N) is 7. The molecule has 66 heavy (non-hydrogen) atoms. The number of methoxy groups -OCH3 is 2. The van der Waals surface area contributed by atoms with Crippen LogP contribution < -0.4 is 45.8 Å². The largest absolute Gasteiger partial charge is 0.495 e. The van der Waals surface area contributed by atoms with Gasteiger partial charge in [-0.25, -0.2) is 4.98 Å². The number of hydrogen-bond donors (Lipinski definition) is 4. The fourth-order valence-electron chi connectivity index (χ4n) is 9.38. The molecule has 0 radical (unpaired) electrons. The molecule has 3 aromatic carbocycles. The number of halogens is 1. The molecule has 5 heterocycles. The molecule has 3 aliphatic heterocycles. The third-order valence-corrected chi connectivity index (χ3v) is 15.0. The molecule has 1 atom stereocenters. The van der Waals surface area contributed by atoms with E-state index < -0.39 is 13.2 Å². The van der Waals surface area contributed by atoms with Crippen LogP contribution in [0.15, 0.2) is 67.1 Å². The van der Waals surface area contributed by atoms with Crippen LogP contribution in [-0.2, 0) is 21.2 Å². The van der Waals surface area contributed by atoms with E-state index in [2.05, 4.69) is 76.4 Å². The van der Waals surface area contributed by atoms with Crippen molar-refractivity contribution in [2.75, 3.05) is 99.1 Å². The van der Waals surface area contributed by atoms with Gasteiger partial charge in [-0.2, -0.15) is 10.1 Å². The van der Waals surface area contributed by atoms with E-state index in [-0.39, 0.29) is 11.8 Å². The number of benzene rings is 3. The maximum absolute atomic E-state index is 13.4. The van der Waals surface area contributed by atoms with Crippen LogP contribution in [0.3, 0.4) is 0 Å². The van der Waals surface area contributed by atoms with Gasteiger partial charge < -0.3 is 39.8 Å². The van der Waals surface area contributed by atoms with Crippen molar-refractivity contribution < 1.29 is 23.6 Å². The molecule has 348 valence electrons. The fourth-order valence-corrected chi connectivity index (χ4v) is 10.7. The molecule has 2 amide bonds. The number of nitrogens with one attached hydrogen (secondary N) is 4. The number of aryl methyl sites for hydroxylation is 1. The van der Waals surface area contributed by atoms with Crippen LogP contribution in [0.25, 0.3) is 11.1 Å². The summed E-state index contributed by atoms with van der Waals surface area (Å²) in [6, 6.07) is 15.8. The monoisotopic (exact) mass is 935 g/mol. The molecule has 2 aromatic heterocycles. The van der Waals surface area contributed by atoms with Gasteiger partial charge in [0.1, 0.15) is 29.7 Å². The maximum Gasteiger partial charge on any atom is 0.249 e. The summed E-state index contributed by atoms with van der Waals surface area (Å²) in [5.41, 5.74) is 7.54. The molecule has 5 aromatic rings. The Morgan fingerprint density at radius 3 is 2.27 bits per heavy atom. The second-order valence-corrected chi connectivity index (χ2v) is 21.9. The van der Waals surface area contributed by atoms with Gasteiger partial charge in [0.2, 0.25) is 17.8 Å². The number of piperidine rings is 2. The first-order valence-corrected chi connectivity index (χ1v) is 25.8. The minimum Gasteiger partial charge on any atom is -0.495 e. The van der Waals surface area contributed by atoms with Crippen LogP contribution in [0.5, 0.6) is 11.5 Å². The number of anilines is 7. The molecule has 1 saturated carbocycles. The number of carbonyl (C=O) groups is 2.